The van der Waals surface area contributed by atoms with Crippen LogP contribution in [0.2, 0.25) is 0 Å². The SMILES string of the molecule is CC(C)Oc1ccc(C2CC(=O)Nc3c(-c4ccc(F)cc4)csc32)cc1. The molecule has 3 aromatic rings. The molecule has 138 valence electrons. The van der Waals surface area contributed by atoms with Gasteiger partial charge < -0.3 is 10.1 Å². The van der Waals surface area contributed by atoms with Crippen molar-refractivity contribution in [2.75, 3.05) is 5.32 Å². The zero-order chi connectivity index (χ0) is 19.0. The highest BCUT2D eigenvalue weighted by Crippen LogP contribution is 2.46. The largest absolute Gasteiger partial charge is 0.491 e. The van der Waals surface area contributed by atoms with Gasteiger partial charge in [0.1, 0.15) is 11.6 Å². The number of amides is 1. The number of thiophene rings is 1. The average Bonchev–Trinajstić information content (AvgIpc) is 3.05. The van der Waals surface area contributed by atoms with Crippen molar-refractivity contribution in [3.8, 4) is 16.9 Å². The van der Waals surface area contributed by atoms with Gasteiger partial charge in [0.05, 0.1) is 11.8 Å². The summed E-state index contributed by atoms with van der Waals surface area (Å²) in [6.45, 7) is 3.99. The summed E-state index contributed by atoms with van der Waals surface area (Å²) in [4.78, 5) is 13.5. The maximum absolute atomic E-state index is 13.2. The molecule has 5 heteroatoms. The highest BCUT2D eigenvalue weighted by Gasteiger charge is 2.30. The molecule has 2 heterocycles. The number of carbonyl (C=O) groups is 1. The first-order chi connectivity index (χ1) is 13.0. The lowest BCUT2D eigenvalue weighted by Crippen LogP contribution is -2.22. The molecule has 0 aliphatic carbocycles. The Hall–Kier alpha value is -2.66. The van der Waals surface area contributed by atoms with Crippen LogP contribution in [0, 0.1) is 5.82 Å². The molecule has 0 saturated carbocycles. The highest BCUT2D eigenvalue weighted by atomic mass is 32.1. The van der Waals surface area contributed by atoms with E-state index in [0.29, 0.717) is 6.42 Å². The van der Waals surface area contributed by atoms with Gasteiger partial charge in [-0.25, -0.2) is 4.39 Å². The second-order valence-electron chi connectivity index (χ2n) is 6.94. The second-order valence-corrected chi connectivity index (χ2v) is 7.85. The Morgan fingerprint density at radius 2 is 1.81 bits per heavy atom. The van der Waals surface area contributed by atoms with Crippen LogP contribution in [0.3, 0.4) is 0 Å². The summed E-state index contributed by atoms with van der Waals surface area (Å²) >= 11 is 1.63. The molecule has 0 radical (unpaired) electrons. The van der Waals surface area contributed by atoms with E-state index in [1.165, 1.54) is 12.1 Å². The molecule has 4 rings (SSSR count). The fourth-order valence-electron chi connectivity index (χ4n) is 3.39. The van der Waals surface area contributed by atoms with E-state index in [0.717, 1.165) is 33.0 Å². The van der Waals surface area contributed by atoms with Crippen molar-refractivity contribution in [2.24, 2.45) is 0 Å². The number of carbonyl (C=O) groups excluding carboxylic acids is 1. The quantitative estimate of drug-likeness (QED) is 0.619. The Kier molecular flexibility index (Phi) is 4.70. The maximum Gasteiger partial charge on any atom is 0.225 e. The molecule has 1 aromatic heterocycles. The van der Waals surface area contributed by atoms with E-state index in [4.69, 9.17) is 4.74 Å². The van der Waals surface area contributed by atoms with Gasteiger partial charge in [-0.15, -0.1) is 11.3 Å². The van der Waals surface area contributed by atoms with Gasteiger partial charge in [-0.05, 0) is 49.2 Å². The van der Waals surface area contributed by atoms with Gasteiger partial charge in [0.15, 0.2) is 0 Å². The third-order valence-electron chi connectivity index (χ3n) is 4.60. The first-order valence-electron chi connectivity index (χ1n) is 8.95. The lowest BCUT2D eigenvalue weighted by Gasteiger charge is -2.24. The summed E-state index contributed by atoms with van der Waals surface area (Å²) in [6, 6.07) is 14.3. The molecule has 0 bridgehead atoms. The topological polar surface area (TPSA) is 38.3 Å². The van der Waals surface area contributed by atoms with Gasteiger partial charge in [0.25, 0.3) is 0 Å². The normalized spacial score (nSPS) is 16.1. The molecule has 2 aromatic carbocycles. The number of nitrogens with one attached hydrogen (secondary N) is 1. The van der Waals surface area contributed by atoms with Gasteiger partial charge in [0, 0.05) is 28.2 Å². The molecule has 0 fully saturated rings. The number of fused-ring (bicyclic) bond motifs is 1. The molecule has 0 spiro atoms. The highest BCUT2D eigenvalue weighted by molar-refractivity contribution is 7.11. The number of hydrogen-bond donors (Lipinski definition) is 1. The summed E-state index contributed by atoms with van der Waals surface area (Å²) < 4.78 is 19.0. The minimum Gasteiger partial charge on any atom is -0.491 e. The number of halogens is 1. The molecule has 1 atom stereocenters. The van der Waals surface area contributed by atoms with Crippen molar-refractivity contribution >= 4 is 22.9 Å². The molecular weight excluding hydrogens is 361 g/mol. The summed E-state index contributed by atoms with van der Waals surface area (Å²) in [5, 5.41) is 5.05. The van der Waals surface area contributed by atoms with Gasteiger partial charge >= 0.3 is 0 Å². The van der Waals surface area contributed by atoms with Crippen molar-refractivity contribution in [3.05, 3.63) is 70.2 Å². The van der Waals surface area contributed by atoms with Crippen LogP contribution in [0.25, 0.3) is 11.1 Å². The van der Waals surface area contributed by atoms with Crippen molar-refractivity contribution in [1.29, 1.82) is 0 Å². The fourth-order valence-corrected chi connectivity index (χ4v) is 4.55. The van der Waals surface area contributed by atoms with Crippen LogP contribution >= 0.6 is 11.3 Å². The number of rotatable bonds is 4. The van der Waals surface area contributed by atoms with Crippen LogP contribution in [-0.4, -0.2) is 12.0 Å². The number of hydrogen-bond acceptors (Lipinski definition) is 3. The fraction of sp³-hybridized carbons (Fsp3) is 0.227. The lowest BCUT2D eigenvalue weighted by molar-refractivity contribution is -0.116. The van der Waals surface area contributed by atoms with Gasteiger partial charge in [0.2, 0.25) is 5.91 Å². The molecule has 1 aliphatic heterocycles. The van der Waals surface area contributed by atoms with E-state index < -0.39 is 0 Å². The first kappa shape index (κ1) is 17.7. The van der Waals surface area contributed by atoms with E-state index >= 15 is 0 Å². The zero-order valence-electron chi connectivity index (χ0n) is 15.2. The van der Waals surface area contributed by atoms with Gasteiger partial charge in [-0.1, -0.05) is 24.3 Å². The molecule has 3 nitrogen and oxygen atoms in total. The lowest BCUT2D eigenvalue weighted by atomic mass is 9.89. The molecule has 1 aliphatic rings. The summed E-state index contributed by atoms with van der Waals surface area (Å²) in [5.74, 6) is 0.568. The van der Waals surface area contributed by atoms with Crippen LogP contribution in [0.1, 0.15) is 36.6 Å². The predicted octanol–water partition coefficient (Wildman–Crippen LogP) is 5.82. The van der Waals surface area contributed by atoms with E-state index in [1.54, 1.807) is 23.5 Å². The van der Waals surface area contributed by atoms with Crippen LogP contribution in [0.15, 0.2) is 53.9 Å². The predicted molar refractivity (Wildman–Crippen MR) is 107 cm³/mol. The smallest absolute Gasteiger partial charge is 0.225 e. The Bertz CT molecular complexity index is 961. The Morgan fingerprint density at radius 3 is 2.48 bits per heavy atom. The van der Waals surface area contributed by atoms with Crippen LogP contribution in [0.4, 0.5) is 10.1 Å². The number of benzene rings is 2. The van der Waals surface area contributed by atoms with E-state index in [2.05, 4.69) is 5.32 Å². The van der Waals surface area contributed by atoms with Crippen molar-refractivity contribution in [2.45, 2.75) is 32.3 Å². The van der Waals surface area contributed by atoms with E-state index in [1.807, 2.05) is 43.5 Å². The third kappa shape index (κ3) is 3.60. The number of ether oxygens (including phenoxy) is 1. The van der Waals surface area contributed by atoms with Crippen LogP contribution < -0.4 is 10.1 Å². The molecule has 27 heavy (non-hydrogen) atoms. The van der Waals surface area contributed by atoms with E-state index in [9.17, 15) is 9.18 Å². The molecular formula is C22H20FNO2S. The Morgan fingerprint density at radius 1 is 1.11 bits per heavy atom. The van der Waals surface area contributed by atoms with Crippen LogP contribution in [-0.2, 0) is 4.79 Å². The van der Waals surface area contributed by atoms with Crippen molar-refractivity contribution < 1.29 is 13.9 Å². The molecule has 1 N–H and O–H groups in total. The van der Waals surface area contributed by atoms with Gasteiger partial charge in [-0.2, -0.15) is 0 Å². The molecule has 0 saturated heterocycles. The number of anilines is 1. The Balaban J connectivity index is 1.69. The maximum atomic E-state index is 13.2. The van der Waals surface area contributed by atoms with Crippen LogP contribution in [0.5, 0.6) is 5.75 Å². The third-order valence-corrected chi connectivity index (χ3v) is 5.70. The monoisotopic (exact) mass is 381 g/mol. The minimum atomic E-state index is -0.270. The summed E-state index contributed by atoms with van der Waals surface area (Å²) in [5.41, 5.74) is 3.77. The van der Waals surface area contributed by atoms with E-state index in [-0.39, 0.29) is 23.7 Å². The minimum absolute atomic E-state index is 0.00299. The Labute approximate surface area is 161 Å². The summed E-state index contributed by atoms with van der Waals surface area (Å²) in [6.07, 6.45) is 0.541. The second kappa shape index (κ2) is 7.16. The zero-order valence-corrected chi connectivity index (χ0v) is 16.0. The van der Waals surface area contributed by atoms with Crippen molar-refractivity contribution in [1.82, 2.24) is 0 Å². The molecule has 1 unspecified atom stereocenters. The average molecular weight is 381 g/mol. The summed E-state index contributed by atoms with van der Waals surface area (Å²) in [7, 11) is 0. The van der Waals surface area contributed by atoms with Crippen molar-refractivity contribution in [3.63, 3.8) is 0 Å². The first-order valence-corrected chi connectivity index (χ1v) is 9.83. The van der Waals surface area contributed by atoms with Gasteiger partial charge in [-0.3, -0.25) is 4.79 Å². The standard InChI is InChI=1S/C22H20FNO2S/c1-13(2)26-17-9-5-14(6-10-17)18-11-20(25)24-21-19(12-27-22(18)21)15-3-7-16(23)8-4-15/h3-10,12-13,18H,11H2,1-2H3,(H,24,25). The molecule has 1 amide bonds.